The highest BCUT2D eigenvalue weighted by molar-refractivity contribution is 6.15. The van der Waals surface area contributed by atoms with E-state index in [0.717, 1.165) is 0 Å². The van der Waals surface area contributed by atoms with Crippen molar-refractivity contribution in [1.82, 2.24) is 14.1 Å². The van der Waals surface area contributed by atoms with Gasteiger partial charge in [-0.25, -0.2) is 4.98 Å². The lowest BCUT2D eigenvalue weighted by Crippen LogP contribution is -2.08. The summed E-state index contributed by atoms with van der Waals surface area (Å²) in [4.78, 5) is 17.4. The van der Waals surface area contributed by atoms with E-state index in [1.165, 1.54) is 7.11 Å². The molecule has 1 aromatic carbocycles. The molecular weight excluding hydrogens is 410 g/mol. The van der Waals surface area contributed by atoms with Crippen molar-refractivity contribution in [1.29, 1.82) is 0 Å². The van der Waals surface area contributed by atoms with Crippen LogP contribution in [0.25, 0.3) is 11.3 Å². The second-order valence-electron chi connectivity index (χ2n) is 7.42. The molecule has 0 unspecified atom stereocenters. The number of imidazole rings is 1. The SMILES string of the molecule is COc1ccc(-c2c(C(=O)C3=CC=CC3)c(O)c(O)n2CCCn2ccnc2)c(OC)c1. The van der Waals surface area contributed by atoms with Crippen LogP contribution in [0.3, 0.4) is 0 Å². The highest BCUT2D eigenvalue weighted by atomic mass is 16.5. The minimum absolute atomic E-state index is 0.0588. The molecule has 0 amide bonds. The fraction of sp³-hybridized carbons (Fsp3) is 0.250. The van der Waals surface area contributed by atoms with Crippen LogP contribution in [-0.4, -0.2) is 44.3 Å². The van der Waals surface area contributed by atoms with E-state index < -0.39 is 5.75 Å². The molecule has 4 rings (SSSR count). The van der Waals surface area contributed by atoms with Gasteiger partial charge in [0.1, 0.15) is 11.5 Å². The first-order chi connectivity index (χ1) is 15.5. The zero-order chi connectivity index (χ0) is 22.7. The van der Waals surface area contributed by atoms with Crippen LogP contribution in [-0.2, 0) is 13.1 Å². The number of Topliss-reactive ketones (excluding diaryl/α,β-unsaturated/α-hetero) is 1. The molecule has 0 fully saturated rings. The maximum absolute atomic E-state index is 13.3. The molecule has 3 aromatic rings. The van der Waals surface area contributed by atoms with E-state index >= 15 is 0 Å². The maximum atomic E-state index is 13.3. The Balaban J connectivity index is 1.82. The number of benzene rings is 1. The van der Waals surface area contributed by atoms with Crippen molar-refractivity contribution in [2.45, 2.75) is 25.9 Å². The summed E-state index contributed by atoms with van der Waals surface area (Å²) in [6, 6.07) is 5.21. The lowest BCUT2D eigenvalue weighted by Gasteiger charge is -2.16. The fourth-order valence-electron chi connectivity index (χ4n) is 3.91. The van der Waals surface area contributed by atoms with E-state index in [2.05, 4.69) is 4.98 Å². The Kier molecular flexibility index (Phi) is 6.02. The van der Waals surface area contributed by atoms with Crippen molar-refractivity contribution < 1.29 is 24.5 Å². The van der Waals surface area contributed by atoms with Gasteiger partial charge in [-0.2, -0.15) is 0 Å². The van der Waals surface area contributed by atoms with E-state index in [-0.39, 0.29) is 17.2 Å². The van der Waals surface area contributed by atoms with Gasteiger partial charge in [-0.1, -0.05) is 18.2 Å². The van der Waals surface area contributed by atoms with Crippen LogP contribution in [0, 0.1) is 0 Å². The van der Waals surface area contributed by atoms with Crippen molar-refractivity contribution in [3.8, 4) is 34.4 Å². The van der Waals surface area contributed by atoms with Crippen LogP contribution in [0.5, 0.6) is 23.1 Å². The monoisotopic (exact) mass is 435 g/mol. The summed E-state index contributed by atoms with van der Waals surface area (Å²) in [5.74, 6) is -0.0566. The molecule has 1 aliphatic carbocycles. The first-order valence-electron chi connectivity index (χ1n) is 10.3. The quantitative estimate of drug-likeness (QED) is 0.494. The van der Waals surface area contributed by atoms with Gasteiger partial charge in [-0.05, 0) is 25.0 Å². The van der Waals surface area contributed by atoms with Gasteiger partial charge in [0.15, 0.2) is 11.5 Å². The minimum Gasteiger partial charge on any atom is -0.503 e. The summed E-state index contributed by atoms with van der Waals surface area (Å²) in [6.45, 7) is 1.03. The Morgan fingerprint density at radius 3 is 2.69 bits per heavy atom. The molecule has 8 heteroatoms. The number of aryl methyl sites for hydroxylation is 1. The largest absolute Gasteiger partial charge is 0.503 e. The average molecular weight is 435 g/mol. The molecule has 2 aromatic heterocycles. The van der Waals surface area contributed by atoms with Crippen LogP contribution < -0.4 is 9.47 Å². The number of allylic oxidation sites excluding steroid dienone is 4. The molecule has 1 aliphatic rings. The van der Waals surface area contributed by atoms with Gasteiger partial charge in [0.25, 0.3) is 0 Å². The molecule has 0 bridgehead atoms. The molecule has 0 saturated heterocycles. The molecule has 0 saturated carbocycles. The predicted octanol–water partition coefficient (Wildman–Crippen LogP) is 3.94. The highest BCUT2D eigenvalue weighted by Gasteiger charge is 2.31. The summed E-state index contributed by atoms with van der Waals surface area (Å²) in [5.41, 5.74) is 1.58. The second-order valence-corrected chi connectivity index (χ2v) is 7.42. The third-order valence-electron chi connectivity index (χ3n) is 5.52. The molecular formula is C24H25N3O5. The number of aromatic hydroxyl groups is 2. The molecule has 32 heavy (non-hydrogen) atoms. The van der Waals surface area contributed by atoms with Crippen LogP contribution in [0.15, 0.2) is 60.7 Å². The van der Waals surface area contributed by atoms with Gasteiger partial charge in [0.2, 0.25) is 5.88 Å². The first kappa shape index (κ1) is 21.3. The number of ketones is 1. The molecule has 2 N–H and O–H groups in total. The smallest absolute Gasteiger partial charge is 0.235 e. The standard InChI is InChI=1S/C24H25N3O5/c1-31-17-8-9-18(19(14-17)32-2)21-20(22(28)16-6-3-4-7-16)23(29)24(30)27(21)12-5-11-26-13-10-25-15-26/h3-4,6,8-10,13-15,29-30H,5,7,11-12H2,1-2H3. The molecule has 0 radical (unpaired) electrons. The van der Waals surface area contributed by atoms with Gasteiger partial charge in [0.05, 0.1) is 31.8 Å². The van der Waals surface area contributed by atoms with Crippen LogP contribution in [0.4, 0.5) is 0 Å². The number of carbonyl (C=O) groups excluding carboxylic acids is 1. The van der Waals surface area contributed by atoms with Crippen molar-refractivity contribution in [3.63, 3.8) is 0 Å². The van der Waals surface area contributed by atoms with Gasteiger partial charge < -0.3 is 28.8 Å². The van der Waals surface area contributed by atoms with Gasteiger partial charge >= 0.3 is 0 Å². The maximum Gasteiger partial charge on any atom is 0.235 e. The molecule has 2 heterocycles. The van der Waals surface area contributed by atoms with E-state index in [1.807, 2.05) is 16.8 Å². The number of carbonyl (C=O) groups is 1. The number of nitrogens with zero attached hydrogens (tertiary/aromatic N) is 3. The van der Waals surface area contributed by atoms with E-state index in [9.17, 15) is 15.0 Å². The molecule has 166 valence electrons. The number of methoxy groups -OCH3 is 2. The fourth-order valence-corrected chi connectivity index (χ4v) is 3.91. The van der Waals surface area contributed by atoms with Crippen LogP contribution in [0.1, 0.15) is 23.2 Å². The molecule has 8 nitrogen and oxygen atoms in total. The van der Waals surface area contributed by atoms with Gasteiger partial charge in [-0.3, -0.25) is 4.79 Å². The van der Waals surface area contributed by atoms with E-state index in [0.29, 0.717) is 54.3 Å². The van der Waals surface area contributed by atoms with Crippen LogP contribution >= 0.6 is 0 Å². The van der Waals surface area contributed by atoms with Crippen molar-refractivity contribution >= 4 is 5.78 Å². The Bertz CT molecular complexity index is 1190. The van der Waals surface area contributed by atoms with Crippen LogP contribution in [0.2, 0.25) is 0 Å². The zero-order valence-corrected chi connectivity index (χ0v) is 18.0. The van der Waals surface area contributed by atoms with E-state index in [4.69, 9.17) is 9.47 Å². The number of aromatic nitrogens is 3. The Morgan fingerprint density at radius 1 is 1.19 bits per heavy atom. The van der Waals surface area contributed by atoms with Gasteiger partial charge in [0, 0.05) is 42.7 Å². The molecule has 0 atom stereocenters. The Labute approximate surface area is 185 Å². The Morgan fingerprint density at radius 2 is 2.03 bits per heavy atom. The number of hydrogen-bond acceptors (Lipinski definition) is 6. The Hall–Kier alpha value is -3.94. The number of rotatable bonds is 9. The van der Waals surface area contributed by atoms with Crippen molar-refractivity contribution in [2.75, 3.05) is 14.2 Å². The summed E-state index contributed by atoms with van der Waals surface area (Å²) >= 11 is 0. The predicted molar refractivity (Wildman–Crippen MR) is 119 cm³/mol. The lowest BCUT2D eigenvalue weighted by atomic mass is 9.98. The number of ether oxygens (including phenoxy) is 2. The topological polar surface area (TPSA) is 98.7 Å². The summed E-state index contributed by atoms with van der Waals surface area (Å²) in [5, 5.41) is 21.6. The minimum atomic E-state index is -0.432. The summed E-state index contributed by atoms with van der Waals surface area (Å²) in [6.07, 6.45) is 11.8. The molecule has 0 spiro atoms. The first-order valence-corrected chi connectivity index (χ1v) is 10.3. The lowest BCUT2D eigenvalue weighted by molar-refractivity contribution is 0.103. The summed E-state index contributed by atoms with van der Waals surface area (Å²) in [7, 11) is 3.08. The second kappa shape index (κ2) is 9.05. The molecule has 0 aliphatic heterocycles. The number of hydrogen-bond donors (Lipinski definition) is 2. The van der Waals surface area contributed by atoms with Crippen molar-refractivity contribution in [2.24, 2.45) is 0 Å². The van der Waals surface area contributed by atoms with Gasteiger partial charge in [-0.15, -0.1) is 0 Å². The average Bonchev–Trinajstić information content (AvgIpc) is 3.57. The third kappa shape index (κ3) is 3.87. The zero-order valence-electron chi connectivity index (χ0n) is 18.0. The highest BCUT2D eigenvalue weighted by Crippen LogP contribution is 2.46. The van der Waals surface area contributed by atoms with E-state index in [1.54, 1.807) is 54.6 Å². The summed E-state index contributed by atoms with van der Waals surface area (Å²) < 4.78 is 14.3. The van der Waals surface area contributed by atoms with Crippen molar-refractivity contribution in [3.05, 3.63) is 66.3 Å². The normalized spacial score (nSPS) is 12.8. The third-order valence-corrected chi connectivity index (χ3v) is 5.52.